The van der Waals surface area contributed by atoms with Crippen LogP contribution in [-0.4, -0.2) is 28.8 Å². The molecule has 0 amide bonds. The first-order chi connectivity index (χ1) is 15.1. The van der Waals surface area contributed by atoms with Crippen molar-refractivity contribution in [3.63, 3.8) is 0 Å². The molecule has 0 unspecified atom stereocenters. The number of ether oxygens (including phenoxy) is 1. The predicted octanol–water partition coefficient (Wildman–Crippen LogP) is 5.52. The van der Waals surface area contributed by atoms with Crippen LogP contribution in [0.4, 0.5) is 0 Å². The monoisotopic (exact) mass is 420 g/mol. The summed E-state index contributed by atoms with van der Waals surface area (Å²) in [5.41, 5.74) is 4.41. The fraction of sp³-hybridized carbons (Fsp3) is 0.423. The quantitative estimate of drug-likeness (QED) is 0.494. The second kappa shape index (κ2) is 9.56. The molecule has 0 spiro atoms. The molecule has 1 heterocycles. The molecule has 0 saturated heterocycles. The largest absolute Gasteiger partial charge is 0.497 e. The summed E-state index contributed by atoms with van der Waals surface area (Å²) in [5, 5.41) is 14.9. The normalized spacial score (nSPS) is 15.2. The number of nitrogens with zero attached hydrogens (tertiary/aromatic N) is 1. The Morgan fingerprint density at radius 1 is 1.13 bits per heavy atom. The third kappa shape index (κ3) is 4.62. The van der Waals surface area contributed by atoms with Crippen LogP contribution >= 0.6 is 0 Å². The maximum atomic E-state index is 12.5. The number of aromatic nitrogens is 1. The van der Waals surface area contributed by atoms with Gasteiger partial charge >= 0.3 is 5.97 Å². The van der Waals surface area contributed by atoms with Crippen molar-refractivity contribution in [2.75, 3.05) is 7.11 Å². The summed E-state index contributed by atoms with van der Waals surface area (Å²) in [6.45, 7) is 3.15. The van der Waals surface area contributed by atoms with Crippen LogP contribution in [0.2, 0.25) is 0 Å². The number of carboxylic acids is 1. The summed E-state index contributed by atoms with van der Waals surface area (Å²) in [6, 6.07) is 14.5. The number of aromatic carboxylic acids is 1. The zero-order valence-electron chi connectivity index (χ0n) is 18.5. The Bertz CT molecular complexity index is 1060. The second-order valence-corrected chi connectivity index (χ2v) is 8.60. The van der Waals surface area contributed by atoms with Gasteiger partial charge in [0.1, 0.15) is 11.4 Å². The second-order valence-electron chi connectivity index (χ2n) is 8.60. The number of carboxylic acid groups (broad SMARTS) is 1. The van der Waals surface area contributed by atoms with E-state index in [1.807, 2.05) is 34.9 Å². The van der Waals surface area contributed by atoms with Crippen molar-refractivity contribution in [1.29, 1.82) is 0 Å². The average Bonchev–Trinajstić information content (AvgIpc) is 2.91. The molecule has 2 aromatic carbocycles. The van der Waals surface area contributed by atoms with E-state index < -0.39 is 5.97 Å². The standard InChI is InChI=1S/C26H32N2O3/c1-18-9-7-8-10-19(18)17-28-24-15-21(31-2)13-14-22(24)23(25(28)26(29)30)16-27-20-11-5-3-4-6-12-20/h7-10,13-15,20,27H,3-6,11-12,16-17H2,1-2H3,(H,29,30). The number of hydrogen-bond acceptors (Lipinski definition) is 3. The van der Waals surface area contributed by atoms with Crippen molar-refractivity contribution < 1.29 is 14.6 Å². The van der Waals surface area contributed by atoms with Crippen molar-refractivity contribution in [2.45, 2.75) is 64.6 Å². The lowest BCUT2D eigenvalue weighted by Gasteiger charge is -2.16. The Labute approximate surface area is 184 Å². The summed E-state index contributed by atoms with van der Waals surface area (Å²) >= 11 is 0. The highest BCUT2D eigenvalue weighted by Gasteiger charge is 2.24. The van der Waals surface area contributed by atoms with E-state index in [9.17, 15) is 9.90 Å². The van der Waals surface area contributed by atoms with E-state index in [4.69, 9.17) is 4.74 Å². The topological polar surface area (TPSA) is 63.5 Å². The molecule has 31 heavy (non-hydrogen) atoms. The van der Waals surface area contributed by atoms with Gasteiger partial charge < -0.3 is 19.7 Å². The maximum Gasteiger partial charge on any atom is 0.352 e. The lowest BCUT2D eigenvalue weighted by atomic mass is 10.1. The number of fused-ring (bicyclic) bond motifs is 1. The zero-order valence-corrected chi connectivity index (χ0v) is 18.5. The number of benzene rings is 2. The van der Waals surface area contributed by atoms with Crippen LogP contribution in [0.1, 0.15) is 65.7 Å². The number of aryl methyl sites for hydroxylation is 1. The van der Waals surface area contributed by atoms with Gasteiger partial charge in [-0.25, -0.2) is 4.79 Å². The molecule has 0 radical (unpaired) electrons. The van der Waals surface area contributed by atoms with Gasteiger partial charge in [-0.3, -0.25) is 0 Å². The van der Waals surface area contributed by atoms with E-state index >= 15 is 0 Å². The Hall–Kier alpha value is -2.79. The minimum absolute atomic E-state index is 0.368. The van der Waals surface area contributed by atoms with Crippen LogP contribution in [0, 0.1) is 6.92 Å². The van der Waals surface area contributed by atoms with Gasteiger partial charge in [0.15, 0.2) is 0 Å². The highest BCUT2D eigenvalue weighted by atomic mass is 16.5. The molecule has 0 bridgehead atoms. The summed E-state index contributed by atoms with van der Waals surface area (Å²) < 4.78 is 7.39. The number of hydrogen-bond donors (Lipinski definition) is 2. The first-order valence-electron chi connectivity index (χ1n) is 11.3. The molecule has 164 valence electrons. The fourth-order valence-electron chi connectivity index (χ4n) is 4.80. The van der Waals surface area contributed by atoms with E-state index in [1.54, 1.807) is 7.11 Å². The zero-order chi connectivity index (χ0) is 21.8. The van der Waals surface area contributed by atoms with Crippen molar-refractivity contribution in [3.8, 4) is 5.75 Å². The SMILES string of the molecule is COc1ccc2c(CNC3CCCCCC3)c(C(=O)O)n(Cc3ccccc3C)c2c1. The first kappa shape index (κ1) is 21.4. The van der Waals surface area contributed by atoms with Crippen molar-refractivity contribution in [1.82, 2.24) is 9.88 Å². The van der Waals surface area contributed by atoms with Crippen LogP contribution in [0.15, 0.2) is 42.5 Å². The molecule has 0 aliphatic heterocycles. The molecule has 3 aromatic rings. The third-order valence-corrected chi connectivity index (χ3v) is 6.59. The Morgan fingerprint density at radius 3 is 2.55 bits per heavy atom. The molecule has 5 heteroatoms. The maximum absolute atomic E-state index is 12.5. The molecule has 5 nitrogen and oxygen atoms in total. The van der Waals surface area contributed by atoms with Gasteiger partial charge in [0, 0.05) is 36.1 Å². The highest BCUT2D eigenvalue weighted by Crippen LogP contribution is 2.31. The number of rotatable bonds is 7. The van der Waals surface area contributed by atoms with Crippen molar-refractivity contribution in [2.24, 2.45) is 0 Å². The summed E-state index contributed by atoms with van der Waals surface area (Å²) in [4.78, 5) is 12.5. The van der Waals surface area contributed by atoms with Gasteiger partial charge in [0.2, 0.25) is 0 Å². The molecule has 1 aliphatic carbocycles. The van der Waals surface area contributed by atoms with Gasteiger partial charge in [-0.1, -0.05) is 49.9 Å². The number of carbonyl (C=O) groups is 1. The molecular weight excluding hydrogens is 388 g/mol. The number of nitrogens with one attached hydrogen (secondary N) is 1. The van der Waals surface area contributed by atoms with Gasteiger partial charge in [0.25, 0.3) is 0 Å². The van der Waals surface area contributed by atoms with Crippen LogP contribution in [0.5, 0.6) is 5.75 Å². The summed E-state index contributed by atoms with van der Waals surface area (Å²) in [5.74, 6) is -0.155. The Morgan fingerprint density at radius 2 is 1.87 bits per heavy atom. The van der Waals surface area contributed by atoms with Crippen LogP contribution < -0.4 is 10.1 Å². The van der Waals surface area contributed by atoms with Gasteiger partial charge in [-0.2, -0.15) is 0 Å². The molecule has 1 saturated carbocycles. The molecule has 4 rings (SSSR count). The summed E-state index contributed by atoms with van der Waals surface area (Å²) in [6.07, 6.45) is 7.42. The molecule has 1 fully saturated rings. The van der Waals surface area contributed by atoms with Crippen molar-refractivity contribution in [3.05, 3.63) is 64.8 Å². The van der Waals surface area contributed by atoms with E-state index in [0.29, 0.717) is 24.8 Å². The van der Waals surface area contributed by atoms with Crippen LogP contribution in [-0.2, 0) is 13.1 Å². The minimum Gasteiger partial charge on any atom is -0.497 e. The van der Waals surface area contributed by atoms with Crippen LogP contribution in [0.3, 0.4) is 0 Å². The summed E-state index contributed by atoms with van der Waals surface area (Å²) in [7, 11) is 1.64. The molecular formula is C26H32N2O3. The van der Waals surface area contributed by atoms with Gasteiger partial charge in [-0.15, -0.1) is 0 Å². The third-order valence-electron chi connectivity index (χ3n) is 6.59. The Balaban J connectivity index is 1.77. The lowest BCUT2D eigenvalue weighted by molar-refractivity contribution is 0.0684. The minimum atomic E-state index is -0.888. The lowest BCUT2D eigenvalue weighted by Crippen LogP contribution is -2.28. The van der Waals surface area contributed by atoms with Gasteiger partial charge in [0.05, 0.1) is 12.6 Å². The Kier molecular flexibility index (Phi) is 6.62. The van der Waals surface area contributed by atoms with E-state index in [2.05, 4.69) is 24.4 Å². The predicted molar refractivity (Wildman–Crippen MR) is 124 cm³/mol. The molecule has 1 aliphatic rings. The number of methoxy groups -OCH3 is 1. The van der Waals surface area contributed by atoms with E-state index in [1.165, 1.54) is 25.7 Å². The first-order valence-corrected chi connectivity index (χ1v) is 11.3. The molecule has 0 atom stereocenters. The van der Waals surface area contributed by atoms with E-state index in [0.717, 1.165) is 46.2 Å². The van der Waals surface area contributed by atoms with Gasteiger partial charge in [-0.05, 0) is 43.0 Å². The fourth-order valence-corrected chi connectivity index (χ4v) is 4.80. The molecule has 2 N–H and O–H groups in total. The highest BCUT2D eigenvalue weighted by molar-refractivity contribution is 5.98. The molecule has 1 aromatic heterocycles. The average molecular weight is 421 g/mol. The van der Waals surface area contributed by atoms with E-state index in [-0.39, 0.29) is 0 Å². The van der Waals surface area contributed by atoms with Crippen molar-refractivity contribution >= 4 is 16.9 Å². The smallest absolute Gasteiger partial charge is 0.352 e. The van der Waals surface area contributed by atoms with Crippen LogP contribution in [0.25, 0.3) is 10.9 Å².